The molecular weight excluding hydrogens is 242 g/mol. The molecule has 4 heteroatoms. The molecule has 2 atom stereocenters. The summed E-state index contributed by atoms with van der Waals surface area (Å²) in [4.78, 5) is 22.4. The first-order chi connectivity index (χ1) is 8.90. The second-order valence-electron chi connectivity index (χ2n) is 5.05. The normalized spacial score (nSPS) is 13.6. The SMILES string of the molecule is Cc1ccccc1C(C)NC(=O)CC(C)CC(=O)O. The number of hydrogen-bond acceptors (Lipinski definition) is 2. The number of hydrogen-bond donors (Lipinski definition) is 2. The molecule has 0 aromatic heterocycles. The van der Waals surface area contributed by atoms with Gasteiger partial charge in [-0.3, -0.25) is 9.59 Å². The first-order valence-corrected chi connectivity index (χ1v) is 6.46. The van der Waals surface area contributed by atoms with E-state index in [1.54, 1.807) is 6.92 Å². The summed E-state index contributed by atoms with van der Waals surface area (Å²) in [5.74, 6) is -1.13. The minimum Gasteiger partial charge on any atom is -0.481 e. The smallest absolute Gasteiger partial charge is 0.303 e. The molecule has 0 aliphatic heterocycles. The predicted molar refractivity (Wildman–Crippen MR) is 73.8 cm³/mol. The van der Waals surface area contributed by atoms with E-state index in [2.05, 4.69) is 5.32 Å². The fraction of sp³-hybridized carbons (Fsp3) is 0.467. The Labute approximate surface area is 113 Å². The van der Waals surface area contributed by atoms with Gasteiger partial charge in [-0.25, -0.2) is 0 Å². The van der Waals surface area contributed by atoms with Crippen LogP contribution in [0.1, 0.15) is 43.9 Å². The number of carboxylic acids is 1. The molecule has 2 unspecified atom stereocenters. The second-order valence-corrected chi connectivity index (χ2v) is 5.05. The minimum absolute atomic E-state index is 0.0200. The van der Waals surface area contributed by atoms with E-state index >= 15 is 0 Å². The maximum absolute atomic E-state index is 11.8. The Bertz CT molecular complexity index is 456. The van der Waals surface area contributed by atoms with Crippen LogP contribution in [0.15, 0.2) is 24.3 Å². The number of aliphatic carboxylic acids is 1. The molecule has 0 bridgehead atoms. The summed E-state index contributed by atoms with van der Waals surface area (Å²) >= 11 is 0. The Kier molecular flexibility index (Phi) is 5.55. The van der Waals surface area contributed by atoms with Crippen LogP contribution in [0.5, 0.6) is 0 Å². The summed E-state index contributed by atoms with van der Waals surface area (Å²) in [6, 6.07) is 7.83. The third-order valence-corrected chi connectivity index (χ3v) is 3.09. The molecule has 104 valence electrons. The van der Waals surface area contributed by atoms with Gasteiger partial charge >= 0.3 is 5.97 Å². The van der Waals surface area contributed by atoms with Gasteiger partial charge in [0, 0.05) is 12.8 Å². The maximum Gasteiger partial charge on any atom is 0.303 e. The summed E-state index contributed by atoms with van der Waals surface area (Å²) in [5.41, 5.74) is 2.22. The zero-order valence-electron chi connectivity index (χ0n) is 11.6. The Morgan fingerprint density at radius 3 is 2.42 bits per heavy atom. The molecule has 0 spiro atoms. The van der Waals surface area contributed by atoms with Crippen molar-refractivity contribution >= 4 is 11.9 Å². The minimum atomic E-state index is -0.868. The Hall–Kier alpha value is -1.84. The number of benzene rings is 1. The molecule has 0 saturated carbocycles. The molecule has 2 N–H and O–H groups in total. The largest absolute Gasteiger partial charge is 0.481 e. The first-order valence-electron chi connectivity index (χ1n) is 6.46. The molecule has 1 amide bonds. The van der Waals surface area contributed by atoms with Gasteiger partial charge in [0.15, 0.2) is 0 Å². The molecule has 0 radical (unpaired) electrons. The van der Waals surface area contributed by atoms with Gasteiger partial charge in [-0.05, 0) is 30.9 Å². The molecule has 4 nitrogen and oxygen atoms in total. The van der Waals surface area contributed by atoms with Gasteiger partial charge in [-0.15, -0.1) is 0 Å². The molecule has 1 aromatic carbocycles. The standard InChI is InChI=1S/C15H21NO3/c1-10(9-15(18)19)8-14(17)16-12(3)13-7-5-4-6-11(13)2/h4-7,10,12H,8-9H2,1-3H3,(H,16,17)(H,18,19). The van der Waals surface area contributed by atoms with Crippen molar-refractivity contribution in [2.24, 2.45) is 5.92 Å². The number of carbonyl (C=O) groups is 2. The lowest BCUT2D eigenvalue weighted by atomic mass is 10.0. The van der Waals surface area contributed by atoms with E-state index in [9.17, 15) is 9.59 Å². The average Bonchev–Trinajstić information content (AvgIpc) is 2.27. The van der Waals surface area contributed by atoms with E-state index < -0.39 is 5.97 Å². The van der Waals surface area contributed by atoms with Crippen LogP contribution in [0.2, 0.25) is 0 Å². The fourth-order valence-electron chi connectivity index (χ4n) is 2.14. The van der Waals surface area contributed by atoms with Crippen LogP contribution in [0.4, 0.5) is 0 Å². The van der Waals surface area contributed by atoms with Gasteiger partial charge in [0.1, 0.15) is 0 Å². The van der Waals surface area contributed by atoms with Crippen molar-refractivity contribution in [1.82, 2.24) is 5.32 Å². The molecule has 0 fully saturated rings. The van der Waals surface area contributed by atoms with Crippen molar-refractivity contribution in [3.8, 4) is 0 Å². The fourth-order valence-corrected chi connectivity index (χ4v) is 2.14. The molecule has 0 heterocycles. The summed E-state index contributed by atoms with van der Waals surface area (Å²) in [6.07, 6.45) is 0.259. The summed E-state index contributed by atoms with van der Waals surface area (Å²) in [5, 5.41) is 11.6. The van der Waals surface area contributed by atoms with Gasteiger partial charge in [0.05, 0.1) is 6.04 Å². The van der Waals surface area contributed by atoms with Gasteiger partial charge in [-0.1, -0.05) is 31.2 Å². The van der Waals surface area contributed by atoms with Gasteiger partial charge in [0.2, 0.25) is 5.91 Å². The second kappa shape index (κ2) is 6.92. The van der Waals surface area contributed by atoms with Crippen molar-refractivity contribution in [3.63, 3.8) is 0 Å². The first kappa shape index (κ1) is 15.2. The molecular formula is C15H21NO3. The third-order valence-electron chi connectivity index (χ3n) is 3.09. The summed E-state index contributed by atoms with van der Waals surface area (Å²) in [7, 11) is 0. The highest BCUT2D eigenvalue weighted by Gasteiger charge is 2.15. The summed E-state index contributed by atoms with van der Waals surface area (Å²) in [6.45, 7) is 5.71. The third kappa shape index (κ3) is 5.12. The lowest BCUT2D eigenvalue weighted by molar-refractivity contribution is -0.138. The van der Waals surface area contributed by atoms with Crippen molar-refractivity contribution in [2.45, 2.75) is 39.7 Å². The Morgan fingerprint density at radius 1 is 1.21 bits per heavy atom. The van der Waals surface area contributed by atoms with Crippen molar-refractivity contribution in [2.75, 3.05) is 0 Å². The van der Waals surface area contributed by atoms with Crippen LogP contribution < -0.4 is 5.32 Å². The molecule has 1 aromatic rings. The quantitative estimate of drug-likeness (QED) is 0.829. The number of carboxylic acid groups (broad SMARTS) is 1. The summed E-state index contributed by atoms with van der Waals surface area (Å²) < 4.78 is 0. The Morgan fingerprint density at radius 2 is 1.84 bits per heavy atom. The van der Waals surface area contributed by atoms with E-state index in [1.165, 1.54) is 0 Å². The molecule has 19 heavy (non-hydrogen) atoms. The van der Waals surface area contributed by atoms with Crippen LogP contribution in [0.25, 0.3) is 0 Å². The van der Waals surface area contributed by atoms with E-state index in [4.69, 9.17) is 5.11 Å². The van der Waals surface area contributed by atoms with Crippen LogP contribution >= 0.6 is 0 Å². The highest BCUT2D eigenvalue weighted by molar-refractivity contribution is 5.77. The number of rotatable bonds is 6. The Balaban J connectivity index is 2.53. The average molecular weight is 263 g/mol. The predicted octanol–water partition coefficient (Wildman–Crippen LogP) is 2.67. The van der Waals surface area contributed by atoms with Crippen LogP contribution in [0, 0.1) is 12.8 Å². The highest BCUT2D eigenvalue weighted by Crippen LogP contribution is 2.17. The molecule has 0 aliphatic carbocycles. The molecule has 0 saturated heterocycles. The number of carbonyl (C=O) groups excluding carboxylic acids is 1. The van der Waals surface area contributed by atoms with E-state index in [0.29, 0.717) is 0 Å². The van der Waals surface area contributed by atoms with Crippen LogP contribution in [-0.4, -0.2) is 17.0 Å². The number of nitrogens with one attached hydrogen (secondary N) is 1. The van der Waals surface area contributed by atoms with Crippen molar-refractivity contribution in [1.29, 1.82) is 0 Å². The maximum atomic E-state index is 11.8. The van der Waals surface area contributed by atoms with Crippen LogP contribution in [0.3, 0.4) is 0 Å². The lowest BCUT2D eigenvalue weighted by Gasteiger charge is -2.17. The van der Waals surface area contributed by atoms with Crippen molar-refractivity contribution < 1.29 is 14.7 Å². The van der Waals surface area contributed by atoms with E-state index in [1.807, 2.05) is 38.1 Å². The number of amides is 1. The molecule has 0 aliphatic rings. The van der Waals surface area contributed by atoms with Gasteiger partial charge in [0.25, 0.3) is 0 Å². The van der Waals surface area contributed by atoms with Gasteiger partial charge < -0.3 is 10.4 Å². The van der Waals surface area contributed by atoms with Crippen LogP contribution in [-0.2, 0) is 9.59 Å². The lowest BCUT2D eigenvalue weighted by Crippen LogP contribution is -2.28. The molecule has 1 rings (SSSR count). The van der Waals surface area contributed by atoms with E-state index in [-0.39, 0.29) is 30.7 Å². The topological polar surface area (TPSA) is 66.4 Å². The zero-order chi connectivity index (χ0) is 14.4. The van der Waals surface area contributed by atoms with Gasteiger partial charge in [-0.2, -0.15) is 0 Å². The zero-order valence-corrected chi connectivity index (χ0v) is 11.6. The highest BCUT2D eigenvalue weighted by atomic mass is 16.4. The van der Waals surface area contributed by atoms with E-state index in [0.717, 1.165) is 11.1 Å². The number of aryl methyl sites for hydroxylation is 1. The monoisotopic (exact) mass is 263 g/mol. The van der Waals surface area contributed by atoms with Crippen molar-refractivity contribution in [3.05, 3.63) is 35.4 Å².